The number of hydrogen-bond acceptors (Lipinski definition) is 4. The summed E-state index contributed by atoms with van der Waals surface area (Å²) in [6.45, 7) is 0.193. The number of ether oxygens (including phenoxy) is 1. The van der Waals surface area contributed by atoms with E-state index in [0.717, 1.165) is 16.7 Å². The number of nitrogens with one attached hydrogen (secondary N) is 1. The maximum absolute atomic E-state index is 12.1. The van der Waals surface area contributed by atoms with Crippen molar-refractivity contribution in [1.29, 1.82) is 5.26 Å². The third kappa shape index (κ3) is 3.98. The van der Waals surface area contributed by atoms with Crippen LogP contribution in [0.15, 0.2) is 54.6 Å². The summed E-state index contributed by atoms with van der Waals surface area (Å²) in [7, 11) is 0. The number of fused-ring (bicyclic) bond motifs is 1. The second-order valence-corrected chi connectivity index (χ2v) is 6.33. The minimum atomic E-state index is -1.25. The van der Waals surface area contributed by atoms with Crippen LogP contribution in [0.4, 0.5) is 4.79 Å². The van der Waals surface area contributed by atoms with Crippen LogP contribution in [-0.2, 0) is 23.4 Å². The molecule has 25 heavy (non-hydrogen) atoms. The van der Waals surface area contributed by atoms with Gasteiger partial charge in [-0.2, -0.15) is 5.26 Å². The normalized spacial score (nSPS) is 21.7. The van der Waals surface area contributed by atoms with Crippen molar-refractivity contribution < 1.29 is 14.6 Å². The Bertz CT molecular complexity index is 785. The summed E-state index contributed by atoms with van der Waals surface area (Å²) in [5, 5.41) is 22.8. The van der Waals surface area contributed by atoms with E-state index in [1.807, 2.05) is 60.7 Å². The first-order valence-corrected chi connectivity index (χ1v) is 8.26. The quantitative estimate of drug-likeness (QED) is 0.899. The zero-order chi connectivity index (χ0) is 17.7. The zero-order valence-electron chi connectivity index (χ0n) is 13.8. The van der Waals surface area contributed by atoms with E-state index in [4.69, 9.17) is 10.00 Å². The molecule has 5 nitrogen and oxygen atoms in total. The van der Waals surface area contributed by atoms with E-state index >= 15 is 0 Å². The van der Waals surface area contributed by atoms with Gasteiger partial charge in [0.25, 0.3) is 0 Å². The number of aliphatic hydroxyl groups is 1. The molecule has 0 saturated carbocycles. The second kappa shape index (κ2) is 7.37. The van der Waals surface area contributed by atoms with Crippen molar-refractivity contribution in [3.8, 4) is 6.07 Å². The summed E-state index contributed by atoms with van der Waals surface area (Å²) in [4.78, 5) is 12.1. The van der Waals surface area contributed by atoms with Crippen molar-refractivity contribution in [2.45, 2.75) is 37.5 Å². The van der Waals surface area contributed by atoms with Gasteiger partial charge in [-0.05, 0) is 23.1 Å². The molecule has 2 atom stereocenters. The first kappa shape index (κ1) is 17.0. The smallest absolute Gasteiger partial charge is 0.407 e. The Balaban J connectivity index is 1.65. The molecule has 128 valence electrons. The lowest BCUT2D eigenvalue weighted by molar-refractivity contribution is 0.0130. The molecule has 0 heterocycles. The number of amides is 1. The highest BCUT2D eigenvalue weighted by Gasteiger charge is 2.39. The van der Waals surface area contributed by atoms with E-state index in [-0.39, 0.29) is 25.5 Å². The van der Waals surface area contributed by atoms with Crippen molar-refractivity contribution in [1.82, 2.24) is 5.32 Å². The molecule has 0 unspecified atom stereocenters. The van der Waals surface area contributed by atoms with Crippen molar-refractivity contribution in [3.63, 3.8) is 0 Å². The van der Waals surface area contributed by atoms with Crippen LogP contribution in [0.5, 0.6) is 0 Å². The minimum absolute atomic E-state index is 0.0126. The first-order chi connectivity index (χ1) is 12.1. The van der Waals surface area contributed by atoms with Crippen LogP contribution in [0.3, 0.4) is 0 Å². The summed E-state index contributed by atoms with van der Waals surface area (Å²) >= 11 is 0. The summed E-state index contributed by atoms with van der Waals surface area (Å²) in [5.74, 6) is 0. The highest BCUT2D eigenvalue weighted by molar-refractivity contribution is 5.67. The van der Waals surface area contributed by atoms with Gasteiger partial charge in [-0.3, -0.25) is 0 Å². The minimum Gasteiger partial charge on any atom is -0.445 e. The number of alkyl carbamates (subject to hydrolysis) is 1. The van der Waals surface area contributed by atoms with Crippen molar-refractivity contribution in [3.05, 3.63) is 71.3 Å². The number of benzene rings is 2. The fraction of sp³-hybridized carbons (Fsp3) is 0.300. The number of carbonyl (C=O) groups is 1. The van der Waals surface area contributed by atoms with Gasteiger partial charge < -0.3 is 15.2 Å². The summed E-state index contributed by atoms with van der Waals surface area (Å²) in [5.41, 5.74) is 1.38. The Labute approximate surface area is 146 Å². The predicted molar refractivity (Wildman–Crippen MR) is 92.4 cm³/mol. The third-order valence-electron chi connectivity index (χ3n) is 4.48. The van der Waals surface area contributed by atoms with Gasteiger partial charge in [0.2, 0.25) is 0 Å². The number of nitriles is 1. The maximum Gasteiger partial charge on any atom is 0.407 e. The van der Waals surface area contributed by atoms with Gasteiger partial charge in [0, 0.05) is 12.5 Å². The Morgan fingerprint density at radius 2 is 1.96 bits per heavy atom. The average Bonchev–Trinajstić information content (AvgIpc) is 2.61. The van der Waals surface area contributed by atoms with Gasteiger partial charge >= 0.3 is 6.09 Å². The summed E-state index contributed by atoms with van der Waals surface area (Å²) in [6, 6.07) is 18.7. The van der Waals surface area contributed by atoms with E-state index in [1.54, 1.807) is 0 Å². The standard InChI is InChI=1S/C20H20N2O3/c21-11-10-20(24)13-17(12-16-8-4-5-9-18(16)20)22-19(23)25-14-15-6-2-1-3-7-15/h1-9,17,24H,10,12-14H2,(H,22,23)/t17-,20-/m0/s1. The van der Waals surface area contributed by atoms with Gasteiger partial charge in [0.1, 0.15) is 12.2 Å². The Kier molecular flexibility index (Phi) is 5.01. The Morgan fingerprint density at radius 1 is 1.24 bits per heavy atom. The van der Waals surface area contributed by atoms with E-state index < -0.39 is 11.7 Å². The van der Waals surface area contributed by atoms with Crippen LogP contribution in [-0.4, -0.2) is 17.2 Å². The largest absolute Gasteiger partial charge is 0.445 e. The molecule has 0 bridgehead atoms. The molecule has 0 radical (unpaired) electrons. The molecule has 1 aliphatic rings. The molecule has 0 saturated heterocycles. The SMILES string of the molecule is N#CC[C@]1(O)C[C@@H](NC(=O)OCc2ccccc2)Cc2ccccc21. The molecule has 2 aromatic rings. The van der Waals surface area contributed by atoms with E-state index in [9.17, 15) is 9.90 Å². The molecule has 0 aliphatic heterocycles. The highest BCUT2D eigenvalue weighted by Crippen LogP contribution is 2.37. The van der Waals surface area contributed by atoms with Gasteiger partial charge in [-0.15, -0.1) is 0 Å². The van der Waals surface area contributed by atoms with E-state index in [1.165, 1.54) is 0 Å². The molecule has 1 aliphatic carbocycles. The number of rotatable bonds is 4. The lowest BCUT2D eigenvalue weighted by Gasteiger charge is -2.37. The molecule has 0 spiro atoms. The molecule has 5 heteroatoms. The van der Waals surface area contributed by atoms with Gasteiger partial charge in [0.15, 0.2) is 0 Å². The van der Waals surface area contributed by atoms with E-state index in [2.05, 4.69) is 5.32 Å². The highest BCUT2D eigenvalue weighted by atomic mass is 16.5. The summed E-state index contributed by atoms with van der Waals surface area (Å²) < 4.78 is 5.25. The number of carbonyl (C=O) groups excluding carboxylic acids is 1. The Morgan fingerprint density at radius 3 is 2.72 bits per heavy atom. The van der Waals surface area contributed by atoms with Gasteiger partial charge in [-0.25, -0.2) is 4.79 Å². The van der Waals surface area contributed by atoms with Gasteiger partial charge in [-0.1, -0.05) is 54.6 Å². The fourth-order valence-electron chi connectivity index (χ4n) is 3.34. The zero-order valence-corrected chi connectivity index (χ0v) is 13.8. The number of hydrogen-bond donors (Lipinski definition) is 2. The molecular weight excluding hydrogens is 316 g/mol. The van der Waals surface area contributed by atoms with Crippen LogP contribution in [0, 0.1) is 11.3 Å². The van der Waals surface area contributed by atoms with Crippen LogP contribution in [0.2, 0.25) is 0 Å². The lowest BCUT2D eigenvalue weighted by atomic mass is 9.75. The van der Waals surface area contributed by atoms with Crippen molar-refractivity contribution in [2.24, 2.45) is 0 Å². The van der Waals surface area contributed by atoms with E-state index in [0.29, 0.717) is 6.42 Å². The lowest BCUT2D eigenvalue weighted by Crippen LogP contribution is -2.46. The molecule has 2 aromatic carbocycles. The molecule has 1 amide bonds. The van der Waals surface area contributed by atoms with Crippen molar-refractivity contribution >= 4 is 6.09 Å². The maximum atomic E-state index is 12.1. The van der Waals surface area contributed by atoms with Crippen LogP contribution in [0.1, 0.15) is 29.5 Å². The predicted octanol–water partition coefficient (Wildman–Crippen LogP) is 3.03. The molecule has 2 N–H and O–H groups in total. The topological polar surface area (TPSA) is 82.4 Å². The van der Waals surface area contributed by atoms with Crippen LogP contribution < -0.4 is 5.32 Å². The second-order valence-electron chi connectivity index (χ2n) is 6.33. The molecule has 3 rings (SSSR count). The Hall–Kier alpha value is -2.84. The fourth-order valence-corrected chi connectivity index (χ4v) is 3.34. The molecular formula is C20H20N2O3. The molecule has 0 aromatic heterocycles. The molecule has 0 fully saturated rings. The number of nitrogens with zero attached hydrogens (tertiary/aromatic N) is 1. The van der Waals surface area contributed by atoms with Crippen molar-refractivity contribution in [2.75, 3.05) is 0 Å². The average molecular weight is 336 g/mol. The first-order valence-electron chi connectivity index (χ1n) is 8.26. The third-order valence-corrected chi connectivity index (χ3v) is 4.48. The monoisotopic (exact) mass is 336 g/mol. The van der Waals surface area contributed by atoms with Gasteiger partial charge in [0.05, 0.1) is 12.5 Å². The van der Waals surface area contributed by atoms with Crippen LogP contribution >= 0.6 is 0 Å². The summed E-state index contributed by atoms with van der Waals surface area (Å²) in [6.07, 6.45) is 0.358. The van der Waals surface area contributed by atoms with Crippen LogP contribution in [0.25, 0.3) is 0 Å².